The SMILES string of the molecule is CC(C)[C@@H](N)C(=O)Nc1ccc2c(=O)[nH]cnc2c1. The maximum atomic E-state index is 11.8. The van der Waals surface area contributed by atoms with E-state index >= 15 is 0 Å². The molecule has 0 aliphatic carbocycles. The standard InChI is InChI=1S/C13H16N4O2/c1-7(2)11(14)13(19)17-8-3-4-9-10(5-8)15-6-16-12(9)18/h3-7,11H,14H2,1-2H3,(H,17,19)(H,15,16,18)/t11-/m1/s1. The predicted octanol–water partition coefficient (Wildman–Crippen LogP) is 0.845. The van der Waals surface area contributed by atoms with Gasteiger partial charge < -0.3 is 16.0 Å². The lowest BCUT2D eigenvalue weighted by Gasteiger charge is -2.15. The first kappa shape index (κ1) is 13.2. The number of aromatic amines is 1. The van der Waals surface area contributed by atoms with Gasteiger partial charge in [-0.1, -0.05) is 13.8 Å². The molecule has 4 N–H and O–H groups in total. The van der Waals surface area contributed by atoms with Crippen molar-refractivity contribution in [3.8, 4) is 0 Å². The molecule has 0 fully saturated rings. The molecule has 6 nitrogen and oxygen atoms in total. The minimum Gasteiger partial charge on any atom is -0.325 e. The quantitative estimate of drug-likeness (QED) is 0.761. The third-order valence-electron chi connectivity index (χ3n) is 2.93. The summed E-state index contributed by atoms with van der Waals surface area (Å²) in [6, 6.07) is 4.36. The van der Waals surface area contributed by atoms with E-state index in [4.69, 9.17) is 5.73 Å². The van der Waals surface area contributed by atoms with Gasteiger partial charge in [-0.3, -0.25) is 9.59 Å². The molecule has 2 aromatic rings. The van der Waals surface area contributed by atoms with Crippen molar-refractivity contribution in [1.82, 2.24) is 9.97 Å². The van der Waals surface area contributed by atoms with Crippen molar-refractivity contribution in [2.24, 2.45) is 11.7 Å². The molecule has 1 aromatic carbocycles. The number of amides is 1. The summed E-state index contributed by atoms with van der Waals surface area (Å²) in [5.41, 5.74) is 6.66. The topological polar surface area (TPSA) is 101 Å². The van der Waals surface area contributed by atoms with E-state index in [2.05, 4.69) is 15.3 Å². The van der Waals surface area contributed by atoms with E-state index in [1.54, 1.807) is 18.2 Å². The fourth-order valence-electron chi connectivity index (χ4n) is 1.67. The predicted molar refractivity (Wildman–Crippen MR) is 73.8 cm³/mol. The maximum Gasteiger partial charge on any atom is 0.258 e. The van der Waals surface area contributed by atoms with E-state index in [9.17, 15) is 9.59 Å². The summed E-state index contributed by atoms with van der Waals surface area (Å²) < 4.78 is 0. The van der Waals surface area contributed by atoms with Gasteiger partial charge in [-0.15, -0.1) is 0 Å². The summed E-state index contributed by atoms with van der Waals surface area (Å²) in [7, 11) is 0. The number of rotatable bonds is 3. The molecule has 0 unspecified atom stereocenters. The summed E-state index contributed by atoms with van der Waals surface area (Å²) >= 11 is 0. The third-order valence-corrected chi connectivity index (χ3v) is 2.93. The number of nitrogens with two attached hydrogens (primary N) is 1. The van der Waals surface area contributed by atoms with Crippen molar-refractivity contribution in [3.05, 3.63) is 34.9 Å². The van der Waals surface area contributed by atoms with Gasteiger partial charge in [0.15, 0.2) is 0 Å². The highest BCUT2D eigenvalue weighted by Gasteiger charge is 2.17. The lowest BCUT2D eigenvalue weighted by Crippen LogP contribution is -2.39. The van der Waals surface area contributed by atoms with E-state index in [-0.39, 0.29) is 17.4 Å². The Morgan fingerprint density at radius 2 is 2.16 bits per heavy atom. The largest absolute Gasteiger partial charge is 0.325 e. The fraction of sp³-hybridized carbons (Fsp3) is 0.308. The summed E-state index contributed by atoms with van der Waals surface area (Å²) in [6.45, 7) is 3.76. The highest BCUT2D eigenvalue weighted by Crippen LogP contribution is 2.14. The average Bonchev–Trinajstić information content (AvgIpc) is 2.37. The first-order chi connectivity index (χ1) is 8.99. The highest BCUT2D eigenvalue weighted by molar-refractivity contribution is 5.96. The van der Waals surface area contributed by atoms with Crippen molar-refractivity contribution in [3.63, 3.8) is 0 Å². The van der Waals surface area contributed by atoms with E-state index in [1.807, 2.05) is 13.8 Å². The zero-order chi connectivity index (χ0) is 14.0. The first-order valence-corrected chi connectivity index (χ1v) is 6.03. The van der Waals surface area contributed by atoms with Gasteiger partial charge >= 0.3 is 0 Å². The lowest BCUT2D eigenvalue weighted by atomic mass is 10.0. The minimum atomic E-state index is -0.567. The molecule has 100 valence electrons. The van der Waals surface area contributed by atoms with Crippen LogP contribution in [0.15, 0.2) is 29.3 Å². The summed E-state index contributed by atoms with van der Waals surface area (Å²) in [6.07, 6.45) is 1.33. The molecule has 0 saturated carbocycles. The molecule has 0 radical (unpaired) electrons. The van der Waals surface area contributed by atoms with Crippen LogP contribution in [-0.2, 0) is 4.79 Å². The second-order valence-corrected chi connectivity index (χ2v) is 4.72. The Morgan fingerprint density at radius 3 is 2.84 bits per heavy atom. The zero-order valence-electron chi connectivity index (χ0n) is 10.8. The molecular formula is C13H16N4O2. The summed E-state index contributed by atoms with van der Waals surface area (Å²) in [5, 5.41) is 3.20. The maximum absolute atomic E-state index is 11.8. The van der Waals surface area contributed by atoms with Crippen LogP contribution >= 0.6 is 0 Å². The van der Waals surface area contributed by atoms with Crippen LogP contribution in [0.3, 0.4) is 0 Å². The van der Waals surface area contributed by atoms with Gasteiger partial charge in [-0.2, -0.15) is 0 Å². The van der Waals surface area contributed by atoms with Gasteiger partial charge in [0.25, 0.3) is 5.56 Å². The number of hydrogen-bond acceptors (Lipinski definition) is 4. The van der Waals surface area contributed by atoms with Crippen molar-refractivity contribution < 1.29 is 4.79 Å². The van der Waals surface area contributed by atoms with E-state index < -0.39 is 6.04 Å². The Hall–Kier alpha value is -2.21. The number of nitrogens with one attached hydrogen (secondary N) is 2. The van der Waals surface area contributed by atoms with Crippen LogP contribution < -0.4 is 16.6 Å². The van der Waals surface area contributed by atoms with Crippen LogP contribution in [0.2, 0.25) is 0 Å². The van der Waals surface area contributed by atoms with Crippen LogP contribution in [0.4, 0.5) is 5.69 Å². The molecule has 0 aliphatic rings. The van der Waals surface area contributed by atoms with Crippen LogP contribution in [-0.4, -0.2) is 21.9 Å². The summed E-state index contributed by atoms with van der Waals surface area (Å²) in [5.74, 6) is -0.194. The summed E-state index contributed by atoms with van der Waals surface area (Å²) in [4.78, 5) is 29.9. The lowest BCUT2D eigenvalue weighted by molar-refractivity contribution is -0.118. The van der Waals surface area contributed by atoms with Crippen molar-refractivity contribution in [1.29, 1.82) is 0 Å². The molecule has 0 bridgehead atoms. The third kappa shape index (κ3) is 2.79. The van der Waals surface area contributed by atoms with Crippen molar-refractivity contribution in [2.45, 2.75) is 19.9 Å². The van der Waals surface area contributed by atoms with E-state index in [0.717, 1.165) is 0 Å². The van der Waals surface area contributed by atoms with Crippen molar-refractivity contribution >= 4 is 22.5 Å². The molecule has 6 heteroatoms. The monoisotopic (exact) mass is 260 g/mol. The van der Waals surface area contributed by atoms with Crippen LogP contribution in [0, 0.1) is 5.92 Å². The molecule has 1 aromatic heterocycles. The van der Waals surface area contributed by atoms with Gasteiger partial charge in [-0.25, -0.2) is 4.98 Å². The Kier molecular flexibility index (Phi) is 3.62. The molecule has 1 amide bonds. The van der Waals surface area contributed by atoms with Gasteiger partial charge in [0.05, 0.1) is 23.3 Å². The number of anilines is 1. The first-order valence-electron chi connectivity index (χ1n) is 6.03. The Labute approximate surface area is 110 Å². The Morgan fingerprint density at radius 1 is 1.42 bits per heavy atom. The number of carbonyl (C=O) groups is 1. The molecule has 0 aliphatic heterocycles. The van der Waals surface area contributed by atoms with Crippen LogP contribution in [0.1, 0.15) is 13.8 Å². The number of H-pyrrole nitrogens is 1. The number of aromatic nitrogens is 2. The van der Waals surface area contributed by atoms with Gasteiger partial charge in [0.1, 0.15) is 0 Å². The van der Waals surface area contributed by atoms with Crippen LogP contribution in [0.5, 0.6) is 0 Å². The average molecular weight is 260 g/mol. The molecule has 1 atom stereocenters. The Balaban J connectivity index is 2.28. The smallest absolute Gasteiger partial charge is 0.258 e. The molecule has 19 heavy (non-hydrogen) atoms. The Bertz CT molecular complexity index is 663. The minimum absolute atomic E-state index is 0.0569. The number of fused-ring (bicyclic) bond motifs is 1. The number of carbonyl (C=O) groups excluding carboxylic acids is 1. The van der Waals surface area contributed by atoms with E-state index in [1.165, 1.54) is 6.33 Å². The second-order valence-electron chi connectivity index (χ2n) is 4.72. The molecular weight excluding hydrogens is 244 g/mol. The van der Waals surface area contributed by atoms with Gasteiger partial charge in [0.2, 0.25) is 5.91 Å². The number of benzene rings is 1. The molecule has 2 rings (SSSR count). The van der Waals surface area contributed by atoms with Gasteiger partial charge in [-0.05, 0) is 24.1 Å². The number of nitrogens with zero attached hydrogens (tertiary/aromatic N) is 1. The molecule has 0 spiro atoms. The molecule has 0 saturated heterocycles. The van der Waals surface area contributed by atoms with E-state index in [0.29, 0.717) is 16.6 Å². The van der Waals surface area contributed by atoms with Crippen molar-refractivity contribution in [2.75, 3.05) is 5.32 Å². The normalized spacial score (nSPS) is 12.6. The number of hydrogen-bond donors (Lipinski definition) is 3. The molecule has 1 heterocycles. The highest BCUT2D eigenvalue weighted by atomic mass is 16.2. The van der Waals surface area contributed by atoms with Crippen LogP contribution in [0.25, 0.3) is 10.9 Å². The second kappa shape index (κ2) is 5.19. The fourth-order valence-corrected chi connectivity index (χ4v) is 1.67. The van der Waals surface area contributed by atoms with Gasteiger partial charge in [0, 0.05) is 5.69 Å². The zero-order valence-corrected chi connectivity index (χ0v) is 10.8.